The van der Waals surface area contributed by atoms with E-state index in [0.717, 1.165) is 49.5 Å². The van der Waals surface area contributed by atoms with Crippen LogP contribution in [-0.2, 0) is 25.4 Å². The number of amidine groups is 1. The van der Waals surface area contributed by atoms with Gasteiger partial charge in [-0.05, 0) is 6.42 Å². The van der Waals surface area contributed by atoms with E-state index in [-0.39, 0.29) is 11.2 Å². The number of anilines is 1. The lowest BCUT2D eigenvalue weighted by molar-refractivity contribution is -0.449. The molecule has 28 heavy (non-hydrogen) atoms. The Hall–Kier alpha value is -2.62. The summed E-state index contributed by atoms with van der Waals surface area (Å²) in [6, 6.07) is 0. The van der Waals surface area contributed by atoms with Gasteiger partial charge in [0, 0.05) is 40.2 Å². The highest BCUT2D eigenvalue weighted by molar-refractivity contribution is 5.77. The first-order chi connectivity index (χ1) is 13.6. The van der Waals surface area contributed by atoms with Gasteiger partial charge < -0.3 is 14.2 Å². The normalized spacial score (nSPS) is 17.4. The second-order valence-electron chi connectivity index (χ2n) is 7.33. The first-order valence-corrected chi connectivity index (χ1v) is 9.90. The van der Waals surface area contributed by atoms with Crippen LogP contribution in [0.1, 0.15) is 19.3 Å². The quantitative estimate of drug-likeness (QED) is 0.549. The Bertz CT molecular complexity index is 1010. The van der Waals surface area contributed by atoms with Crippen LogP contribution in [0.5, 0.6) is 0 Å². The summed E-state index contributed by atoms with van der Waals surface area (Å²) in [6.45, 7) is 5.19. The zero-order valence-corrected chi connectivity index (χ0v) is 16.5. The molecule has 2 N–H and O–H groups in total. The minimum atomic E-state index is -0.360. The smallest absolute Gasteiger partial charge is 0.332 e. The van der Waals surface area contributed by atoms with Crippen molar-refractivity contribution in [2.45, 2.75) is 25.8 Å². The van der Waals surface area contributed by atoms with Crippen molar-refractivity contribution in [2.75, 3.05) is 44.3 Å². The number of hydrogen-bond acceptors (Lipinski definition) is 6. The molecule has 4 rings (SSSR count). The molecule has 2 aliphatic heterocycles. The van der Waals surface area contributed by atoms with Gasteiger partial charge in [0.2, 0.25) is 11.8 Å². The molecule has 10 heteroatoms. The number of fused-ring (bicyclic) bond motifs is 1. The lowest BCUT2D eigenvalue weighted by Crippen LogP contribution is -2.72. The van der Waals surface area contributed by atoms with Crippen LogP contribution < -0.4 is 26.5 Å². The van der Waals surface area contributed by atoms with E-state index in [2.05, 4.69) is 15.2 Å². The van der Waals surface area contributed by atoms with Gasteiger partial charge in [0.15, 0.2) is 11.2 Å². The molecule has 0 aromatic carbocycles. The highest BCUT2D eigenvalue weighted by Gasteiger charge is 2.24. The average molecular weight is 390 g/mol. The van der Waals surface area contributed by atoms with Crippen LogP contribution in [0.4, 0.5) is 5.95 Å². The molecule has 0 atom stereocenters. The number of nitrogens with zero attached hydrogens (tertiary/aromatic N) is 5. The Balaban J connectivity index is 1.68. The average Bonchev–Trinajstić information content (AvgIpc) is 3.36. The van der Waals surface area contributed by atoms with Crippen molar-refractivity contribution in [1.29, 1.82) is 0 Å². The summed E-state index contributed by atoms with van der Waals surface area (Å²) < 4.78 is 10.0. The van der Waals surface area contributed by atoms with Gasteiger partial charge >= 0.3 is 5.69 Å². The van der Waals surface area contributed by atoms with E-state index >= 15 is 0 Å². The zero-order chi connectivity index (χ0) is 19.7. The summed E-state index contributed by atoms with van der Waals surface area (Å²) in [5.74, 6) is 1.94. The molecule has 0 bridgehead atoms. The van der Waals surface area contributed by atoms with Crippen molar-refractivity contribution in [3.8, 4) is 0 Å². The zero-order valence-electron chi connectivity index (χ0n) is 16.5. The highest BCUT2D eigenvalue weighted by atomic mass is 16.5. The number of morpholine rings is 1. The Morgan fingerprint density at radius 2 is 1.96 bits per heavy atom. The molecule has 0 unspecified atom stereocenters. The minimum absolute atomic E-state index is 0.301. The van der Waals surface area contributed by atoms with E-state index in [4.69, 9.17) is 9.72 Å². The van der Waals surface area contributed by atoms with Crippen molar-refractivity contribution in [3.63, 3.8) is 0 Å². The molecule has 0 spiro atoms. The first-order valence-electron chi connectivity index (χ1n) is 9.90. The van der Waals surface area contributed by atoms with Crippen molar-refractivity contribution >= 4 is 22.9 Å². The van der Waals surface area contributed by atoms with Crippen LogP contribution in [0.15, 0.2) is 9.59 Å². The predicted octanol–water partition coefficient (Wildman–Crippen LogP) is -2.48. The van der Waals surface area contributed by atoms with Gasteiger partial charge in [-0.15, -0.1) is 0 Å². The molecular formula is C18H28N7O3+. The molecule has 2 aromatic rings. The van der Waals surface area contributed by atoms with Crippen LogP contribution in [-0.4, -0.2) is 63.9 Å². The highest BCUT2D eigenvalue weighted by Crippen LogP contribution is 2.21. The van der Waals surface area contributed by atoms with Crippen molar-refractivity contribution in [3.05, 3.63) is 20.8 Å². The number of imidazole rings is 1. The largest absolute Gasteiger partial charge is 0.378 e. The molecule has 4 heterocycles. The fourth-order valence-electron chi connectivity index (χ4n) is 3.87. The van der Waals surface area contributed by atoms with Crippen molar-refractivity contribution in [1.82, 2.24) is 24.0 Å². The maximum Gasteiger partial charge on any atom is 0.332 e. The molecule has 10 nitrogen and oxygen atoms in total. The number of hydrogen-bond donors (Lipinski definition) is 2. The van der Waals surface area contributed by atoms with Crippen LogP contribution in [0.3, 0.4) is 0 Å². The van der Waals surface area contributed by atoms with Gasteiger partial charge in [0.05, 0.1) is 32.7 Å². The van der Waals surface area contributed by atoms with E-state index in [1.54, 1.807) is 7.05 Å². The Morgan fingerprint density at radius 3 is 2.68 bits per heavy atom. The third-order valence-corrected chi connectivity index (χ3v) is 5.46. The maximum absolute atomic E-state index is 12.9. The predicted molar refractivity (Wildman–Crippen MR) is 106 cm³/mol. The lowest BCUT2D eigenvalue weighted by atomic mass is 10.3. The van der Waals surface area contributed by atoms with Crippen LogP contribution in [0.2, 0.25) is 0 Å². The number of ether oxygens (including phenoxy) is 1. The summed E-state index contributed by atoms with van der Waals surface area (Å²) >= 11 is 0. The van der Waals surface area contributed by atoms with Gasteiger partial charge in [-0.25, -0.2) is 4.79 Å². The maximum atomic E-state index is 12.9. The van der Waals surface area contributed by atoms with Gasteiger partial charge in [-0.2, -0.15) is 4.98 Å². The summed E-state index contributed by atoms with van der Waals surface area (Å²) in [5.41, 5.74) is 0.262. The van der Waals surface area contributed by atoms with Crippen LogP contribution in [0.25, 0.3) is 11.2 Å². The number of nitrogens with one attached hydrogen (secondary N) is 2. The van der Waals surface area contributed by atoms with Crippen molar-refractivity contribution < 1.29 is 9.73 Å². The first kappa shape index (κ1) is 18.7. The second kappa shape index (κ2) is 7.78. The topological polar surface area (TPSA) is 100 Å². The fourth-order valence-corrected chi connectivity index (χ4v) is 3.87. The second-order valence-corrected chi connectivity index (χ2v) is 7.33. The third kappa shape index (κ3) is 3.32. The van der Waals surface area contributed by atoms with E-state index in [1.807, 2.05) is 4.57 Å². The molecule has 1 saturated heterocycles. The Kier molecular flexibility index (Phi) is 5.21. The standard InChI is InChI=1S/C18H27N7O3/c1-22-15-14(16(26)23(2)18(22)27)25(8-4-7-20-13-5-3-6-19-13)17(21-15)24-9-11-28-12-10-24/h3-12H2,1-2H3,(H,19,20)/p+1. The SMILES string of the molecule is Cn1c(=O)c2c(nc(N3CCOCC3)n2CCCNC2=[NH+]CCC2)n(C)c1=O. The summed E-state index contributed by atoms with van der Waals surface area (Å²) in [6.07, 6.45) is 3.08. The van der Waals surface area contributed by atoms with Crippen molar-refractivity contribution in [2.24, 2.45) is 14.1 Å². The molecule has 152 valence electrons. The van der Waals surface area contributed by atoms with E-state index in [1.165, 1.54) is 23.9 Å². The van der Waals surface area contributed by atoms with Gasteiger partial charge in [-0.3, -0.25) is 24.2 Å². The number of aryl methyl sites for hydroxylation is 2. The molecule has 2 aliphatic rings. The molecule has 0 amide bonds. The summed E-state index contributed by atoms with van der Waals surface area (Å²) in [4.78, 5) is 35.4. The molecule has 0 radical (unpaired) electrons. The molecular weight excluding hydrogens is 362 g/mol. The summed E-state index contributed by atoms with van der Waals surface area (Å²) in [5, 5.41) is 3.44. The van der Waals surface area contributed by atoms with Crippen LogP contribution >= 0.6 is 0 Å². The van der Waals surface area contributed by atoms with Gasteiger partial charge in [0.25, 0.3) is 5.56 Å². The molecule has 1 fully saturated rings. The molecule has 0 aliphatic carbocycles. The Labute approximate surface area is 162 Å². The monoisotopic (exact) mass is 390 g/mol. The lowest BCUT2D eigenvalue weighted by Gasteiger charge is -2.28. The van der Waals surface area contributed by atoms with Crippen LogP contribution in [0, 0.1) is 0 Å². The summed E-state index contributed by atoms with van der Waals surface area (Å²) in [7, 11) is 3.17. The number of rotatable bonds is 5. The fraction of sp³-hybridized carbons (Fsp3) is 0.667. The van der Waals surface area contributed by atoms with Gasteiger partial charge in [0.1, 0.15) is 0 Å². The van der Waals surface area contributed by atoms with E-state index < -0.39 is 0 Å². The molecule has 0 saturated carbocycles. The molecule has 2 aromatic heterocycles. The van der Waals surface area contributed by atoms with Gasteiger partial charge in [-0.1, -0.05) is 0 Å². The number of aromatic nitrogens is 4. The minimum Gasteiger partial charge on any atom is -0.378 e. The van der Waals surface area contributed by atoms with E-state index in [9.17, 15) is 9.59 Å². The third-order valence-electron chi connectivity index (χ3n) is 5.46. The Morgan fingerprint density at radius 1 is 1.18 bits per heavy atom. The van der Waals surface area contributed by atoms with E-state index in [0.29, 0.717) is 30.9 Å².